The average Bonchev–Trinajstić information content (AvgIpc) is 2.91. The third-order valence-corrected chi connectivity index (χ3v) is 7.25. The molecule has 1 aliphatic carbocycles. The highest BCUT2D eigenvalue weighted by molar-refractivity contribution is 8.00. The Morgan fingerprint density at radius 3 is 2.81 bits per heavy atom. The zero-order chi connectivity index (χ0) is 19.0. The number of thiophene rings is 1. The molecule has 0 bridgehead atoms. The van der Waals surface area contributed by atoms with Crippen LogP contribution < -0.4 is 11.3 Å². The zero-order valence-electron chi connectivity index (χ0n) is 15.9. The highest BCUT2D eigenvalue weighted by Gasteiger charge is 2.25. The normalized spacial score (nSPS) is 18.3. The van der Waals surface area contributed by atoms with E-state index < -0.39 is 5.25 Å². The predicted octanol–water partition coefficient (Wildman–Crippen LogP) is 3.59. The van der Waals surface area contributed by atoms with Gasteiger partial charge in [0.25, 0.3) is 5.56 Å². The van der Waals surface area contributed by atoms with E-state index in [1.807, 2.05) is 0 Å². The molecule has 7 heteroatoms. The van der Waals surface area contributed by atoms with Crippen LogP contribution in [-0.2, 0) is 24.2 Å². The summed E-state index contributed by atoms with van der Waals surface area (Å²) in [6.45, 7) is 8.93. The van der Waals surface area contributed by atoms with Crippen LogP contribution in [0, 0.1) is 11.8 Å². The van der Waals surface area contributed by atoms with Gasteiger partial charge in [-0.3, -0.25) is 14.2 Å². The number of aryl methyl sites for hydroxylation is 1. The van der Waals surface area contributed by atoms with Gasteiger partial charge in [0.05, 0.1) is 10.6 Å². The van der Waals surface area contributed by atoms with Crippen molar-refractivity contribution in [3.63, 3.8) is 0 Å². The van der Waals surface area contributed by atoms with Crippen LogP contribution in [0.3, 0.4) is 0 Å². The van der Waals surface area contributed by atoms with Crippen molar-refractivity contribution < 1.29 is 4.79 Å². The fraction of sp³-hybridized carbons (Fsp3) is 0.632. The van der Waals surface area contributed by atoms with E-state index in [0.717, 1.165) is 35.9 Å². The number of thioether (sulfide) groups is 1. The Hall–Kier alpha value is -1.34. The summed E-state index contributed by atoms with van der Waals surface area (Å²) in [6, 6.07) is 0. The van der Waals surface area contributed by atoms with Crippen molar-refractivity contribution in [2.45, 2.75) is 70.3 Å². The van der Waals surface area contributed by atoms with Gasteiger partial charge in [0.1, 0.15) is 4.83 Å². The molecule has 2 aromatic heterocycles. The van der Waals surface area contributed by atoms with E-state index in [1.54, 1.807) is 22.8 Å². The Labute approximate surface area is 162 Å². The molecule has 0 aromatic carbocycles. The van der Waals surface area contributed by atoms with Crippen LogP contribution >= 0.6 is 23.1 Å². The standard InChI is InChI=1S/C19H27N3O2S2/c1-10(2)7-8-22-18(24)15-13-6-5-11(3)9-14(13)26-17(15)21-19(22)25-12(4)16(20)23/h10-12H,5-9H2,1-4H3,(H2,20,23). The minimum absolute atomic E-state index is 0.0434. The molecule has 5 nitrogen and oxygen atoms in total. The van der Waals surface area contributed by atoms with E-state index in [1.165, 1.54) is 22.2 Å². The summed E-state index contributed by atoms with van der Waals surface area (Å²) in [7, 11) is 0. The first-order valence-corrected chi connectivity index (χ1v) is 11.0. The molecule has 2 aromatic rings. The molecule has 26 heavy (non-hydrogen) atoms. The van der Waals surface area contributed by atoms with Gasteiger partial charge in [-0.25, -0.2) is 4.98 Å². The van der Waals surface area contributed by atoms with Gasteiger partial charge in [0, 0.05) is 11.4 Å². The van der Waals surface area contributed by atoms with E-state index in [4.69, 9.17) is 10.7 Å². The molecule has 0 radical (unpaired) electrons. The van der Waals surface area contributed by atoms with Crippen molar-refractivity contribution in [2.75, 3.05) is 0 Å². The Morgan fingerprint density at radius 2 is 2.15 bits per heavy atom. The van der Waals surface area contributed by atoms with Crippen molar-refractivity contribution >= 4 is 39.2 Å². The molecule has 2 N–H and O–H groups in total. The molecule has 0 saturated heterocycles. The minimum atomic E-state index is -0.417. The topological polar surface area (TPSA) is 78.0 Å². The molecule has 2 atom stereocenters. The number of hydrogen-bond acceptors (Lipinski definition) is 5. The Bertz CT molecular complexity index is 885. The molecular weight excluding hydrogens is 366 g/mol. The number of carbonyl (C=O) groups is 1. The second-order valence-electron chi connectivity index (χ2n) is 7.73. The lowest BCUT2D eigenvalue weighted by Gasteiger charge is -2.18. The number of carbonyl (C=O) groups excluding carboxylic acids is 1. The summed E-state index contributed by atoms with van der Waals surface area (Å²) in [6.07, 6.45) is 4.01. The lowest BCUT2D eigenvalue weighted by Crippen LogP contribution is -2.28. The SMILES string of the molecule is CC(C)CCn1c(SC(C)C(N)=O)nc2sc3c(c2c1=O)CCC(C)C3. The molecule has 1 aliphatic rings. The number of rotatable bonds is 6. The van der Waals surface area contributed by atoms with E-state index in [-0.39, 0.29) is 11.5 Å². The highest BCUT2D eigenvalue weighted by Crippen LogP contribution is 2.37. The molecule has 142 valence electrons. The van der Waals surface area contributed by atoms with E-state index in [2.05, 4.69) is 20.8 Å². The maximum atomic E-state index is 13.3. The monoisotopic (exact) mass is 393 g/mol. The largest absolute Gasteiger partial charge is 0.369 e. The summed E-state index contributed by atoms with van der Waals surface area (Å²) in [5.41, 5.74) is 6.68. The lowest BCUT2D eigenvalue weighted by molar-refractivity contribution is -0.117. The van der Waals surface area contributed by atoms with Crippen LogP contribution in [0.15, 0.2) is 9.95 Å². The fourth-order valence-electron chi connectivity index (χ4n) is 3.30. The van der Waals surface area contributed by atoms with Crippen LogP contribution in [0.25, 0.3) is 10.2 Å². The smallest absolute Gasteiger partial charge is 0.263 e. The predicted molar refractivity (Wildman–Crippen MR) is 109 cm³/mol. The van der Waals surface area contributed by atoms with E-state index in [0.29, 0.717) is 23.5 Å². The van der Waals surface area contributed by atoms with Gasteiger partial charge in [-0.2, -0.15) is 0 Å². The Kier molecular flexibility index (Phi) is 5.77. The Balaban J connectivity index is 2.13. The molecule has 0 saturated carbocycles. The van der Waals surface area contributed by atoms with E-state index >= 15 is 0 Å². The van der Waals surface area contributed by atoms with E-state index in [9.17, 15) is 9.59 Å². The highest BCUT2D eigenvalue weighted by atomic mass is 32.2. The lowest BCUT2D eigenvalue weighted by atomic mass is 9.89. The summed E-state index contributed by atoms with van der Waals surface area (Å²) in [5.74, 6) is 0.753. The first-order chi connectivity index (χ1) is 12.3. The molecule has 3 rings (SSSR count). The van der Waals surface area contributed by atoms with Crippen LogP contribution in [-0.4, -0.2) is 20.7 Å². The first-order valence-electron chi connectivity index (χ1n) is 9.29. The molecule has 2 unspecified atom stereocenters. The zero-order valence-corrected chi connectivity index (χ0v) is 17.5. The van der Waals surface area contributed by atoms with Gasteiger partial charge in [-0.1, -0.05) is 32.5 Å². The van der Waals surface area contributed by atoms with Gasteiger partial charge in [0.15, 0.2) is 5.16 Å². The number of nitrogens with two attached hydrogens (primary N) is 1. The summed E-state index contributed by atoms with van der Waals surface area (Å²) >= 11 is 2.94. The number of nitrogens with zero attached hydrogens (tertiary/aromatic N) is 2. The maximum absolute atomic E-state index is 13.3. The van der Waals surface area contributed by atoms with Crippen LogP contribution in [0.5, 0.6) is 0 Å². The second kappa shape index (κ2) is 7.72. The van der Waals surface area contributed by atoms with Gasteiger partial charge in [-0.15, -0.1) is 11.3 Å². The van der Waals surface area contributed by atoms with Crippen LogP contribution in [0.1, 0.15) is 51.0 Å². The van der Waals surface area contributed by atoms with Crippen molar-refractivity contribution in [1.29, 1.82) is 0 Å². The van der Waals surface area contributed by atoms with Gasteiger partial charge in [-0.05, 0) is 50.0 Å². The molecule has 0 fully saturated rings. The van der Waals surface area contributed by atoms with Crippen molar-refractivity contribution in [3.8, 4) is 0 Å². The van der Waals surface area contributed by atoms with Gasteiger partial charge >= 0.3 is 0 Å². The number of hydrogen-bond donors (Lipinski definition) is 1. The Morgan fingerprint density at radius 1 is 1.42 bits per heavy atom. The third-order valence-electron chi connectivity index (χ3n) is 4.99. The second-order valence-corrected chi connectivity index (χ2v) is 10.1. The van der Waals surface area contributed by atoms with Gasteiger partial charge in [0.2, 0.25) is 5.91 Å². The third kappa shape index (κ3) is 3.83. The maximum Gasteiger partial charge on any atom is 0.263 e. The number of aromatic nitrogens is 2. The summed E-state index contributed by atoms with van der Waals surface area (Å²) in [5, 5.41) is 0.997. The molecular formula is C19H27N3O2S2. The van der Waals surface area contributed by atoms with Crippen molar-refractivity contribution in [2.24, 2.45) is 17.6 Å². The fourth-order valence-corrected chi connectivity index (χ4v) is 5.60. The summed E-state index contributed by atoms with van der Waals surface area (Å²) < 4.78 is 1.76. The minimum Gasteiger partial charge on any atom is -0.369 e. The average molecular weight is 394 g/mol. The van der Waals surface area contributed by atoms with Crippen molar-refractivity contribution in [1.82, 2.24) is 9.55 Å². The van der Waals surface area contributed by atoms with Crippen LogP contribution in [0.4, 0.5) is 0 Å². The van der Waals surface area contributed by atoms with Crippen LogP contribution in [0.2, 0.25) is 0 Å². The number of primary amides is 1. The molecule has 1 amide bonds. The van der Waals surface area contributed by atoms with Gasteiger partial charge < -0.3 is 5.73 Å². The number of fused-ring (bicyclic) bond motifs is 3. The molecule has 2 heterocycles. The molecule has 0 spiro atoms. The van der Waals surface area contributed by atoms with Crippen molar-refractivity contribution in [3.05, 3.63) is 20.8 Å². The first kappa shape index (κ1) is 19.4. The number of amides is 1. The summed E-state index contributed by atoms with van der Waals surface area (Å²) in [4.78, 5) is 31.8. The molecule has 0 aliphatic heterocycles. The quantitative estimate of drug-likeness (QED) is 0.601.